The standard InChI is InChI=1S/C5H6N2O.V/c1-4-3-6-5(7-4)8-2;/h2-3H,1H3,(H,6,7);. The number of hydrogen-bond acceptors (Lipinski definition) is 2. The zero-order valence-corrected chi connectivity index (χ0v) is 6.35. The van der Waals surface area contributed by atoms with Crippen LogP contribution in [0.4, 0.5) is 0 Å². The van der Waals surface area contributed by atoms with E-state index in [2.05, 4.69) is 26.9 Å². The quantitative estimate of drug-likeness (QED) is 0.681. The van der Waals surface area contributed by atoms with Gasteiger partial charge >= 0.3 is 61.4 Å². The van der Waals surface area contributed by atoms with E-state index in [1.165, 1.54) is 4.92 Å². The van der Waals surface area contributed by atoms with Crippen molar-refractivity contribution in [2.45, 2.75) is 6.92 Å². The van der Waals surface area contributed by atoms with Crippen LogP contribution in [0.25, 0.3) is 0 Å². The Balaban J connectivity index is 2.72. The number of rotatable bonds is 2. The molecule has 9 heavy (non-hydrogen) atoms. The molecule has 0 bridgehead atoms. The monoisotopic (exact) mass is 161 g/mol. The summed E-state index contributed by atoms with van der Waals surface area (Å²) in [6.07, 6.45) is 1.71. The van der Waals surface area contributed by atoms with Crippen molar-refractivity contribution in [1.82, 2.24) is 9.97 Å². The number of aromatic nitrogens is 2. The van der Waals surface area contributed by atoms with Crippen molar-refractivity contribution in [2.75, 3.05) is 0 Å². The molecule has 0 amide bonds. The molecule has 1 rings (SSSR count). The van der Waals surface area contributed by atoms with Crippen LogP contribution < -0.4 is 4.74 Å². The number of aromatic amines is 1. The normalized spacial score (nSPS) is 8.89. The molecule has 0 saturated heterocycles. The minimum absolute atomic E-state index is 0.535. The molecule has 0 aliphatic rings. The van der Waals surface area contributed by atoms with E-state index in [-0.39, 0.29) is 0 Å². The fourth-order valence-electron chi connectivity index (χ4n) is 0.498. The maximum absolute atomic E-state index is 4.91. The first-order valence-corrected chi connectivity index (χ1v) is 3.27. The maximum atomic E-state index is 4.91. The predicted octanol–water partition coefficient (Wildman–Crippen LogP) is 0.403. The topological polar surface area (TPSA) is 37.9 Å². The summed E-state index contributed by atoms with van der Waals surface area (Å²) in [7, 11) is 0. The van der Waals surface area contributed by atoms with E-state index in [9.17, 15) is 0 Å². The number of nitrogens with zero attached hydrogens (tertiary/aromatic N) is 1. The summed E-state index contributed by atoms with van der Waals surface area (Å²) in [5, 5.41) is 0. The van der Waals surface area contributed by atoms with E-state index in [0.29, 0.717) is 6.01 Å². The molecule has 1 heterocycles. The van der Waals surface area contributed by atoms with Crippen molar-refractivity contribution in [1.29, 1.82) is 0 Å². The van der Waals surface area contributed by atoms with Crippen LogP contribution in [0.3, 0.4) is 0 Å². The van der Waals surface area contributed by atoms with Gasteiger partial charge < -0.3 is 0 Å². The molecule has 0 radical (unpaired) electrons. The fourth-order valence-corrected chi connectivity index (χ4v) is 0.654. The second-order valence-corrected chi connectivity index (χ2v) is 1.92. The summed E-state index contributed by atoms with van der Waals surface area (Å²) in [5.41, 5.74) is 0.999. The number of nitrogens with one attached hydrogen (secondary N) is 1. The molecule has 1 N–H and O–H groups in total. The SMILES string of the molecule is Cc1cnc(O[CH]=[V])[nH]1. The molecule has 1 aromatic heterocycles. The van der Waals surface area contributed by atoms with Gasteiger partial charge in [-0.2, -0.15) is 0 Å². The molecule has 4 heteroatoms. The average molecular weight is 161 g/mol. The molecule has 0 spiro atoms. The predicted molar refractivity (Wildman–Crippen MR) is 30.0 cm³/mol. The van der Waals surface area contributed by atoms with E-state index < -0.39 is 0 Å². The van der Waals surface area contributed by atoms with Gasteiger partial charge in [0.25, 0.3) is 0 Å². The fraction of sp³-hybridized carbons (Fsp3) is 0.200. The van der Waals surface area contributed by atoms with Gasteiger partial charge in [0, 0.05) is 0 Å². The van der Waals surface area contributed by atoms with E-state index in [1.807, 2.05) is 6.92 Å². The molecule has 0 aromatic carbocycles. The van der Waals surface area contributed by atoms with Gasteiger partial charge in [0.15, 0.2) is 0 Å². The van der Waals surface area contributed by atoms with Crippen LogP contribution in [-0.4, -0.2) is 14.9 Å². The molecular formula is C5H6N2OV. The van der Waals surface area contributed by atoms with E-state index in [4.69, 9.17) is 4.74 Å². The number of hydrogen-bond donors (Lipinski definition) is 1. The molecule has 0 saturated carbocycles. The van der Waals surface area contributed by atoms with E-state index in [1.54, 1.807) is 6.20 Å². The molecular weight excluding hydrogens is 155 g/mol. The zero-order valence-electron chi connectivity index (χ0n) is 4.96. The van der Waals surface area contributed by atoms with Crippen molar-refractivity contribution in [2.24, 2.45) is 0 Å². The summed E-state index contributed by atoms with van der Waals surface area (Å²) in [5.74, 6) is 0. The zero-order chi connectivity index (χ0) is 6.69. The number of imidazole rings is 1. The van der Waals surface area contributed by atoms with Gasteiger partial charge in [0.2, 0.25) is 0 Å². The molecule has 0 aliphatic carbocycles. The molecule has 0 unspecified atom stereocenters. The number of ether oxygens (including phenoxy) is 1. The Bertz CT molecular complexity index is 208. The Morgan fingerprint density at radius 3 is 3.11 bits per heavy atom. The van der Waals surface area contributed by atoms with Crippen molar-refractivity contribution >= 4 is 4.92 Å². The first-order chi connectivity index (χ1) is 4.33. The molecule has 0 fully saturated rings. The summed E-state index contributed by atoms with van der Waals surface area (Å²) in [4.78, 5) is 8.31. The summed E-state index contributed by atoms with van der Waals surface area (Å²) in [6, 6.07) is 0.535. The van der Waals surface area contributed by atoms with Crippen molar-refractivity contribution in [3.63, 3.8) is 0 Å². The minimum atomic E-state index is 0.535. The summed E-state index contributed by atoms with van der Waals surface area (Å²) < 4.78 is 4.91. The average Bonchev–Trinajstić information content (AvgIpc) is 2.17. The van der Waals surface area contributed by atoms with Gasteiger partial charge in [-0.05, 0) is 0 Å². The number of H-pyrrole nitrogens is 1. The first kappa shape index (κ1) is 6.58. The van der Waals surface area contributed by atoms with Crippen LogP contribution in [-0.2, 0) is 17.0 Å². The van der Waals surface area contributed by atoms with Crippen LogP contribution in [0.1, 0.15) is 5.69 Å². The van der Waals surface area contributed by atoms with Gasteiger partial charge in [-0.1, -0.05) is 0 Å². The van der Waals surface area contributed by atoms with Crippen molar-refractivity contribution in [3.05, 3.63) is 11.9 Å². The number of aryl methyl sites for hydroxylation is 1. The van der Waals surface area contributed by atoms with E-state index >= 15 is 0 Å². The molecule has 0 atom stereocenters. The molecule has 1 aromatic rings. The Morgan fingerprint density at radius 2 is 2.67 bits per heavy atom. The van der Waals surface area contributed by atoms with Crippen LogP contribution >= 0.6 is 0 Å². The Kier molecular flexibility index (Phi) is 2.08. The Morgan fingerprint density at radius 1 is 1.89 bits per heavy atom. The van der Waals surface area contributed by atoms with Gasteiger partial charge in [-0.3, -0.25) is 0 Å². The van der Waals surface area contributed by atoms with Gasteiger partial charge in [0.1, 0.15) is 0 Å². The third-order valence-corrected chi connectivity index (χ3v) is 1.01. The third-order valence-electron chi connectivity index (χ3n) is 0.844. The van der Waals surface area contributed by atoms with Gasteiger partial charge in [-0.15, -0.1) is 0 Å². The Hall–Kier alpha value is -0.536. The second kappa shape index (κ2) is 2.85. The molecule has 47 valence electrons. The first-order valence-electron chi connectivity index (χ1n) is 2.47. The van der Waals surface area contributed by atoms with Crippen LogP contribution in [0.15, 0.2) is 6.20 Å². The van der Waals surface area contributed by atoms with E-state index in [0.717, 1.165) is 5.69 Å². The summed E-state index contributed by atoms with van der Waals surface area (Å²) >= 11 is 2.20. The van der Waals surface area contributed by atoms with Gasteiger partial charge in [0.05, 0.1) is 0 Å². The molecule has 0 aliphatic heterocycles. The second-order valence-electron chi connectivity index (χ2n) is 1.59. The summed E-state index contributed by atoms with van der Waals surface area (Å²) in [6.45, 7) is 1.92. The van der Waals surface area contributed by atoms with Crippen molar-refractivity contribution in [3.8, 4) is 6.01 Å². The third kappa shape index (κ3) is 1.70. The van der Waals surface area contributed by atoms with Crippen LogP contribution in [0.2, 0.25) is 0 Å². The van der Waals surface area contributed by atoms with Crippen LogP contribution in [0.5, 0.6) is 6.01 Å². The molecule has 3 nitrogen and oxygen atoms in total. The Labute approximate surface area is 61.9 Å². The van der Waals surface area contributed by atoms with Crippen LogP contribution in [0, 0.1) is 6.92 Å². The van der Waals surface area contributed by atoms with Crippen molar-refractivity contribution < 1.29 is 21.7 Å². The van der Waals surface area contributed by atoms with Gasteiger partial charge in [-0.25, -0.2) is 0 Å².